The van der Waals surface area contributed by atoms with Gasteiger partial charge in [0.15, 0.2) is 0 Å². The van der Waals surface area contributed by atoms with Gasteiger partial charge in [-0.2, -0.15) is 0 Å². The van der Waals surface area contributed by atoms with Crippen molar-refractivity contribution < 1.29 is 19.4 Å². The molecule has 0 radical (unpaired) electrons. The number of esters is 1. The average molecular weight is 565 g/mol. The third-order valence-corrected chi connectivity index (χ3v) is 7.24. The lowest BCUT2D eigenvalue weighted by Gasteiger charge is -2.02. The van der Waals surface area contributed by atoms with E-state index in [-0.39, 0.29) is 12.4 Å². The molecule has 0 atom stereocenters. The van der Waals surface area contributed by atoms with Gasteiger partial charge in [-0.15, -0.1) is 0 Å². The maximum Gasteiger partial charge on any atom is 0.307 e. The molecule has 0 saturated carbocycles. The summed E-state index contributed by atoms with van der Waals surface area (Å²) in [5.41, 5.74) is 0. The first-order valence-electron chi connectivity index (χ1n) is 17.2. The zero-order valence-electron chi connectivity index (χ0n) is 27.1. The number of carboxylic acid groups (broad SMARTS) is 1. The molecule has 0 spiro atoms. The maximum atomic E-state index is 10.5. The normalized spacial score (nSPS) is 11.2. The van der Waals surface area contributed by atoms with Crippen LogP contribution in [0.5, 0.6) is 0 Å². The zero-order chi connectivity index (χ0) is 29.8. The van der Waals surface area contributed by atoms with Crippen LogP contribution in [0.15, 0.2) is 24.5 Å². The molecule has 0 aromatic heterocycles. The Morgan fingerprint density at radius 2 is 0.825 bits per heavy atom. The second-order valence-electron chi connectivity index (χ2n) is 11.4. The van der Waals surface area contributed by atoms with Crippen molar-refractivity contribution in [3.63, 3.8) is 0 Å². The number of carboxylic acids is 1. The second kappa shape index (κ2) is 37.4. The first-order chi connectivity index (χ1) is 19.5. The molecule has 0 unspecified atom stereocenters. The van der Waals surface area contributed by atoms with E-state index in [9.17, 15) is 9.59 Å². The number of aliphatic carboxylic acids is 1. The van der Waals surface area contributed by atoms with Crippen molar-refractivity contribution in [2.24, 2.45) is 0 Å². The molecule has 0 aliphatic carbocycles. The molecular weight excluding hydrogens is 496 g/mol. The van der Waals surface area contributed by atoms with Gasteiger partial charge < -0.3 is 9.84 Å². The minimum atomic E-state index is -0.740. The van der Waals surface area contributed by atoms with Crippen LogP contribution in [0.1, 0.15) is 194 Å². The fourth-order valence-electron chi connectivity index (χ4n) is 4.72. The SMILES string of the molecule is CCCCCCCCCCCCCCC=CCC(=O)O.CCCCCCCCCCCCCCC=COC(C)=O. The van der Waals surface area contributed by atoms with E-state index < -0.39 is 5.97 Å². The summed E-state index contributed by atoms with van der Waals surface area (Å²) in [6.45, 7) is 5.96. The van der Waals surface area contributed by atoms with Crippen LogP contribution in [0.3, 0.4) is 0 Å². The van der Waals surface area contributed by atoms with Crippen molar-refractivity contribution in [2.45, 2.75) is 194 Å². The largest absolute Gasteiger partial charge is 0.481 e. The summed E-state index contributed by atoms with van der Waals surface area (Å²) < 4.78 is 4.73. The van der Waals surface area contributed by atoms with E-state index in [4.69, 9.17) is 9.84 Å². The van der Waals surface area contributed by atoms with Crippen LogP contribution in [0.2, 0.25) is 0 Å². The average Bonchev–Trinajstić information content (AvgIpc) is 2.93. The molecule has 0 amide bonds. The molecule has 1 N–H and O–H groups in total. The van der Waals surface area contributed by atoms with E-state index in [1.54, 1.807) is 6.08 Å². The van der Waals surface area contributed by atoms with E-state index in [0.29, 0.717) is 0 Å². The second-order valence-corrected chi connectivity index (χ2v) is 11.4. The van der Waals surface area contributed by atoms with Crippen LogP contribution >= 0.6 is 0 Å². The van der Waals surface area contributed by atoms with Gasteiger partial charge in [0.2, 0.25) is 0 Å². The Morgan fingerprint density at radius 1 is 0.500 bits per heavy atom. The number of unbranched alkanes of at least 4 members (excludes halogenated alkanes) is 24. The standard InChI is InChI=1S/2C18H34O2/c1-3-4-5-6-7-8-9-10-11-12-13-14-15-16-17-20-18(2)19;1-2-3-4-5-6-7-8-9-10-11-12-13-14-15-16-17-18(19)20/h16-17H,3-15H2,1-2H3;15-16H,2-14,17H2,1H3,(H,19,20). The molecule has 0 rings (SSSR count). The highest BCUT2D eigenvalue weighted by molar-refractivity contribution is 5.68. The van der Waals surface area contributed by atoms with Crippen molar-refractivity contribution in [3.05, 3.63) is 24.5 Å². The van der Waals surface area contributed by atoms with Crippen LogP contribution in [0.25, 0.3) is 0 Å². The predicted octanol–water partition coefficient (Wildman–Crippen LogP) is 12.3. The third kappa shape index (κ3) is 43.5. The zero-order valence-corrected chi connectivity index (χ0v) is 27.1. The number of carbonyl (C=O) groups is 2. The number of hydrogen-bond acceptors (Lipinski definition) is 3. The first-order valence-corrected chi connectivity index (χ1v) is 17.2. The molecule has 0 aliphatic heterocycles. The van der Waals surface area contributed by atoms with Crippen molar-refractivity contribution in [1.82, 2.24) is 0 Å². The van der Waals surface area contributed by atoms with Crippen LogP contribution in [0, 0.1) is 0 Å². The monoisotopic (exact) mass is 565 g/mol. The van der Waals surface area contributed by atoms with Crippen LogP contribution < -0.4 is 0 Å². The number of ether oxygens (including phenoxy) is 1. The number of carbonyl (C=O) groups excluding carboxylic acids is 1. The molecule has 0 aromatic carbocycles. The Kier molecular flexibility index (Phi) is 37.9. The minimum Gasteiger partial charge on any atom is -0.481 e. The Morgan fingerprint density at radius 3 is 1.15 bits per heavy atom. The van der Waals surface area contributed by atoms with Gasteiger partial charge in [0.1, 0.15) is 0 Å². The predicted molar refractivity (Wildman–Crippen MR) is 174 cm³/mol. The van der Waals surface area contributed by atoms with Gasteiger partial charge in [-0.1, -0.05) is 167 Å². The number of rotatable bonds is 29. The summed E-state index contributed by atoms with van der Waals surface area (Å²) >= 11 is 0. The smallest absolute Gasteiger partial charge is 0.307 e. The molecule has 0 aromatic rings. The Balaban J connectivity index is 0. The van der Waals surface area contributed by atoms with Gasteiger partial charge in [-0.3, -0.25) is 9.59 Å². The summed E-state index contributed by atoms with van der Waals surface area (Å²) in [4.78, 5) is 20.8. The van der Waals surface area contributed by atoms with Crippen LogP contribution in [-0.2, 0) is 14.3 Å². The number of hydrogen-bond donors (Lipinski definition) is 1. The lowest BCUT2D eigenvalue weighted by molar-refractivity contribution is -0.136. The molecule has 0 bridgehead atoms. The molecule has 4 nitrogen and oxygen atoms in total. The lowest BCUT2D eigenvalue weighted by atomic mass is 10.0. The summed E-state index contributed by atoms with van der Waals surface area (Å²) in [6, 6.07) is 0. The summed E-state index contributed by atoms with van der Waals surface area (Å²) in [6.07, 6.45) is 42.4. The van der Waals surface area contributed by atoms with Crippen molar-refractivity contribution in [2.75, 3.05) is 0 Å². The Hall–Kier alpha value is -1.58. The van der Waals surface area contributed by atoms with Gasteiger partial charge in [0.05, 0.1) is 12.7 Å². The fraction of sp³-hybridized carbons (Fsp3) is 0.833. The van der Waals surface area contributed by atoms with Gasteiger partial charge in [-0.25, -0.2) is 0 Å². The fourth-order valence-corrected chi connectivity index (χ4v) is 4.72. The molecule has 40 heavy (non-hydrogen) atoms. The van der Waals surface area contributed by atoms with Gasteiger partial charge in [-0.05, 0) is 31.8 Å². The maximum absolute atomic E-state index is 10.5. The Bertz CT molecular complexity index is 517. The van der Waals surface area contributed by atoms with E-state index in [2.05, 4.69) is 13.8 Å². The van der Waals surface area contributed by atoms with Crippen molar-refractivity contribution in [3.8, 4) is 0 Å². The minimum absolute atomic E-state index is 0.165. The highest BCUT2D eigenvalue weighted by atomic mass is 16.5. The molecule has 0 fully saturated rings. The molecular formula is C36H68O4. The van der Waals surface area contributed by atoms with Crippen molar-refractivity contribution >= 4 is 11.9 Å². The molecule has 0 heterocycles. The van der Waals surface area contributed by atoms with E-state index in [1.165, 1.54) is 167 Å². The van der Waals surface area contributed by atoms with Crippen LogP contribution in [0.4, 0.5) is 0 Å². The first kappa shape index (κ1) is 40.6. The lowest BCUT2D eigenvalue weighted by Crippen LogP contribution is -1.89. The van der Waals surface area contributed by atoms with E-state index in [0.717, 1.165) is 12.8 Å². The van der Waals surface area contributed by atoms with E-state index in [1.807, 2.05) is 12.2 Å². The van der Waals surface area contributed by atoms with Gasteiger partial charge >= 0.3 is 11.9 Å². The van der Waals surface area contributed by atoms with Crippen molar-refractivity contribution in [1.29, 1.82) is 0 Å². The molecule has 236 valence electrons. The molecule has 4 heteroatoms. The van der Waals surface area contributed by atoms with E-state index >= 15 is 0 Å². The summed E-state index contributed by atoms with van der Waals surface area (Å²) in [5, 5.41) is 8.47. The quantitative estimate of drug-likeness (QED) is 0.0424. The topological polar surface area (TPSA) is 63.6 Å². The highest BCUT2D eigenvalue weighted by Crippen LogP contribution is 2.13. The third-order valence-electron chi connectivity index (χ3n) is 7.24. The number of allylic oxidation sites excluding steroid dienone is 2. The van der Waals surface area contributed by atoms with Gasteiger partial charge in [0, 0.05) is 6.92 Å². The molecule has 0 saturated heterocycles. The van der Waals surface area contributed by atoms with Crippen LogP contribution in [-0.4, -0.2) is 17.0 Å². The van der Waals surface area contributed by atoms with Gasteiger partial charge in [0.25, 0.3) is 0 Å². The molecule has 0 aliphatic rings. The highest BCUT2D eigenvalue weighted by Gasteiger charge is 1.95. The summed E-state index contributed by atoms with van der Waals surface area (Å²) in [5.74, 6) is -0.980. The summed E-state index contributed by atoms with van der Waals surface area (Å²) in [7, 11) is 0. The Labute approximate surface area is 249 Å².